The Morgan fingerprint density at radius 1 is 1.12 bits per heavy atom. The van der Waals surface area contributed by atoms with Gasteiger partial charge in [0.05, 0.1) is 4.75 Å². The highest BCUT2D eigenvalue weighted by Crippen LogP contribution is 2.55. The van der Waals surface area contributed by atoms with Gasteiger partial charge in [0.2, 0.25) is 0 Å². The number of carbonyl (C=O) groups is 1. The summed E-state index contributed by atoms with van der Waals surface area (Å²) in [6.45, 7) is 5.55. The van der Waals surface area contributed by atoms with Gasteiger partial charge in [-0.25, -0.2) is 4.79 Å². The molecular weight excluding hydrogens is 330 g/mol. The molecule has 2 aromatic rings. The number of ether oxygens (including phenoxy) is 1. The van der Waals surface area contributed by atoms with Crippen LogP contribution in [0.15, 0.2) is 71.3 Å². The molecular formula is C21H23NO2S. The number of hydrogen-bond acceptors (Lipinski definition) is 4. The Labute approximate surface area is 153 Å². The van der Waals surface area contributed by atoms with Crippen LogP contribution in [0, 0.1) is 0 Å². The molecule has 1 atom stereocenters. The van der Waals surface area contributed by atoms with E-state index >= 15 is 0 Å². The van der Waals surface area contributed by atoms with Crippen molar-refractivity contribution in [1.82, 2.24) is 0 Å². The maximum atomic E-state index is 12.2. The van der Waals surface area contributed by atoms with E-state index in [0.717, 1.165) is 11.3 Å². The van der Waals surface area contributed by atoms with Gasteiger partial charge in [0.25, 0.3) is 0 Å². The van der Waals surface area contributed by atoms with Crippen LogP contribution in [0.4, 0.5) is 0 Å². The van der Waals surface area contributed by atoms with Gasteiger partial charge in [-0.15, -0.1) is 11.8 Å². The summed E-state index contributed by atoms with van der Waals surface area (Å²) in [5.74, 6) is -0.401. The predicted octanol–water partition coefficient (Wildman–Crippen LogP) is 4.41. The fourth-order valence-electron chi connectivity index (χ4n) is 3.00. The molecule has 0 spiro atoms. The topological polar surface area (TPSA) is 52.3 Å². The Kier molecular flexibility index (Phi) is 4.65. The van der Waals surface area contributed by atoms with E-state index in [-0.39, 0.29) is 0 Å². The second-order valence-corrected chi connectivity index (χ2v) is 8.58. The zero-order valence-electron chi connectivity index (χ0n) is 14.8. The molecule has 0 heterocycles. The maximum absolute atomic E-state index is 12.2. The monoisotopic (exact) mass is 353 g/mol. The molecule has 3 nitrogen and oxygen atoms in total. The van der Waals surface area contributed by atoms with Crippen LogP contribution < -0.4 is 5.73 Å². The molecule has 0 fully saturated rings. The quantitative estimate of drug-likeness (QED) is 0.653. The first-order chi connectivity index (χ1) is 11.8. The molecule has 2 aromatic carbocycles. The van der Waals surface area contributed by atoms with Crippen LogP contribution in [0.3, 0.4) is 0 Å². The van der Waals surface area contributed by atoms with E-state index < -0.39 is 16.3 Å². The van der Waals surface area contributed by atoms with Gasteiger partial charge in [-0.2, -0.15) is 0 Å². The number of fused-ring (bicyclic) bond motifs is 1. The molecule has 0 radical (unpaired) electrons. The lowest BCUT2D eigenvalue weighted by Gasteiger charge is -2.44. The van der Waals surface area contributed by atoms with E-state index in [1.54, 1.807) is 11.8 Å². The van der Waals surface area contributed by atoms with Crippen LogP contribution in [0.2, 0.25) is 0 Å². The van der Waals surface area contributed by atoms with Crippen LogP contribution in [0.25, 0.3) is 0 Å². The van der Waals surface area contributed by atoms with Crippen LogP contribution in [0.5, 0.6) is 0 Å². The summed E-state index contributed by atoms with van der Waals surface area (Å²) in [5.41, 5.74) is 8.87. The molecule has 3 rings (SSSR count). The predicted molar refractivity (Wildman–Crippen MR) is 102 cm³/mol. The molecule has 0 amide bonds. The number of esters is 1. The summed E-state index contributed by atoms with van der Waals surface area (Å²) in [4.78, 5) is 13.4. The minimum absolute atomic E-state index is 0.401. The standard InChI is InChI=1S/C21H23NO2S/c1-20(2,3)24-19(23)13-18(22)21(25-16-10-5-4-6-11-16)14-15-9-7-8-12-17(15)21/h4-13H,14,22H2,1-3H3. The Morgan fingerprint density at radius 2 is 1.76 bits per heavy atom. The lowest BCUT2D eigenvalue weighted by Crippen LogP contribution is -2.41. The van der Waals surface area contributed by atoms with E-state index in [1.165, 1.54) is 17.2 Å². The highest BCUT2D eigenvalue weighted by molar-refractivity contribution is 8.00. The van der Waals surface area contributed by atoms with E-state index in [9.17, 15) is 4.79 Å². The highest BCUT2D eigenvalue weighted by atomic mass is 32.2. The van der Waals surface area contributed by atoms with Crippen LogP contribution >= 0.6 is 11.8 Å². The van der Waals surface area contributed by atoms with E-state index in [2.05, 4.69) is 24.3 Å². The van der Waals surface area contributed by atoms with E-state index in [4.69, 9.17) is 10.5 Å². The smallest absolute Gasteiger partial charge is 0.333 e. The average Bonchev–Trinajstić information content (AvgIpc) is 2.51. The number of hydrogen-bond donors (Lipinski definition) is 1. The van der Waals surface area contributed by atoms with Gasteiger partial charge in [0.15, 0.2) is 0 Å². The van der Waals surface area contributed by atoms with Gasteiger partial charge in [-0.1, -0.05) is 42.5 Å². The van der Waals surface area contributed by atoms with E-state index in [1.807, 2.05) is 51.1 Å². The first-order valence-corrected chi connectivity index (χ1v) is 9.15. The first-order valence-electron chi connectivity index (χ1n) is 8.33. The molecule has 2 N–H and O–H groups in total. The maximum Gasteiger partial charge on any atom is 0.333 e. The Morgan fingerprint density at radius 3 is 2.40 bits per heavy atom. The number of carbonyl (C=O) groups excluding carboxylic acids is 1. The van der Waals surface area contributed by atoms with Crippen LogP contribution in [0.1, 0.15) is 31.9 Å². The Balaban J connectivity index is 1.95. The number of rotatable bonds is 4. The van der Waals surface area contributed by atoms with Gasteiger partial charge in [0, 0.05) is 16.7 Å². The first kappa shape index (κ1) is 17.6. The average molecular weight is 353 g/mol. The largest absolute Gasteiger partial charge is 0.457 e. The van der Waals surface area contributed by atoms with E-state index in [0.29, 0.717) is 5.70 Å². The molecule has 0 saturated carbocycles. The van der Waals surface area contributed by atoms with Crippen molar-refractivity contribution >= 4 is 17.7 Å². The van der Waals surface area contributed by atoms with Crippen LogP contribution in [-0.2, 0) is 20.7 Å². The second kappa shape index (κ2) is 6.60. The number of nitrogens with two attached hydrogens (primary N) is 1. The van der Waals surface area contributed by atoms with Crippen molar-refractivity contribution in [2.45, 2.75) is 42.4 Å². The summed E-state index contributed by atoms with van der Waals surface area (Å²) in [7, 11) is 0. The summed E-state index contributed by atoms with van der Waals surface area (Å²) in [6.07, 6.45) is 2.24. The lowest BCUT2D eigenvalue weighted by atomic mass is 9.74. The van der Waals surface area contributed by atoms with Gasteiger partial charge < -0.3 is 10.5 Å². The molecule has 0 aliphatic heterocycles. The zero-order valence-corrected chi connectivity index (χ0v) is 15.6. The zero-order chi connectivity index (χ0) is 18.1. The second-order valence-electron chi connectivity index (χ2n) is 7.21. The molecule has 1 aliphatic rings. The molecule has 4 heteroatoms. The fraction of sp³-hybridized carbons (Fsp3) is 0.286. The molecule has 130 valence electrons. The highest BCUT2D eigenvalue weighted by Gasteiger charge is 2.46. The third kappa shape index (κ3) is 3.74. The SMILES string of the molecule is CC(C)(C)OC(=O)C=C(N)C1(Sc2ccccc2)Cc2ccccc21. The normalized spacial score (nSPS) is 19.7. The summed E-state index contributed by atoms with van der Waals surface area (Å²) in [6, 6.07) is 18.4. The van der Waals surface area contributed by atoms with Gasteiger partial charge in [-0.3, -0.25) is 0 Å². The summed E-state index contributed by atoms with van der Waals surface area (Å²) >= 11 is 1.69. The molecule has 0 saturated heterocycles. The fourth-order valence-corrected chi connectivity index (χ4v) is 4.41. The summed E-state index contributed by atoms with van der Waals surface area (Å²) < 4.78 is 4.98. The van der Waals surface area contributed by atoms with Crippen molar-refractivity contribution in [1.29, 1.82) is 0 Å². The van der Waals surface area contributed by atoms with Gasteiger partial charge in [0.1, 0.15) is 5.60 Å². The third-order valence-electron chi connectivity index (χ3n) is 4.07. The molecule has 0 bridgehead atoms. The van der Waals surface area contributed by atoms with Crippen molar-refractivity contribution in [3.05, 3.63) is 77.5 Å². The van der Waals surface area contributed by atoms with Crippen molar-refractivity contribution in [2.75, 3.05) is 0 Å². The van der Waals surface area contributed by atoms with Gasteiger partial charge >= 0.3 is 5.97 Å². The van der Waals surface area contributed by atoms with Crippen molar-refractivity contribution < 1.29 is 9.53 Å². The lowest BCUT2D eigenvalue weighted by molar-refractivity contribution is -0.148. The van der Waals surface area contributed by atoms with Crippen molar-refractivity contribution in [3.63, 3.8) is 0 Å². The third-order valence-corrected chi connectivity index (χ3v) is 5.53. The minimum Gasteiger partial charge on any atom is -0.457 e. The number of benzene rings is 2. The molecule has 1 aliphatic carbocycles. The molecule has 0 aromatic heterocycles. The van der Waals surface area contributed by atoms with Crippen LogP contribution in [-0.4, -0.2) is 11.6 Å². The number of thioether (sulfide) groups is 1. The van der Waals surface area contributed by atoms with Gasteiger partial charge in [-0.05, 0) is 50.5 Å². The van der Waals surface area contributed by atoms with Crippen molar-refractivity contribution in [3.8, 4) is 0 Å². The summed E-state index contributed by atoms with van der Waals surface area (Å²) in [5, 5.41) is 0. The minimum atomic E-state index is -0.537. The molecule has 1 unspecified atom stereocenters. The molecule has 25 heavy (non-hydrogen) atoms. The van der Waals surface area contributed by atoms with Crippen molar-refractivity contribution in [2.24, 2.45) is 5.73 Å². The Hall–Kier alpha value is -2.20. The Bertz CT molecular complexity index is 808.